The SMILES string of the molecule is Cc1cc(C)c2c(=O)c(CN3CCCCC3C)c(C)[nH]c2c1. The van der Waals surface area contributed by atoms with Gasteiger partial charge in [-0.05, 0) is 64.3 Å². The number of rotatable bonds is 2. The average molecular weight is 298 g/mol. The van der Waals surface area contributed by atoms with Crippen molar-refractivity contribution in [3.8, 4) is 0 Å². The Morgan fingerprint density at radius 3 is 2.73 bits per heavy atom. The number of fused-ring (bicyclic) bond motifs is 1. The predicted molar refractivity (Wildman–Crippen MR) is 92.5 cm³/mol. The quantitative estimate of drug-likeness (QED) is 0.914. The van der Waals surface area contributed by atoms with Crippen molar-refractivity contribution < 1.29 is 0 Å². The van der Waals surface area contributed by atoms with Crippen molar-refractivity contribution in [2.45, 2.75) is 59.5 Å². The van der Waals surface area contributed by atoms with E-state index in [1.165, 1.54) is 24.8 Å². The topological polar surface area (TPSA) is 36.1 Å². The van der Waals surface area contributed by atoms with Crippen LogP contribution in [0.5, 0.6) is 0 Å². The molecule has 22 heavy (non-hydrogen) atoms. The number of likely N-dealkylation sites (tertiary alicyclic amines) is 1. The van der Waals surface area contributed by atoms with Crippen LogP contribution in [0.3, 0.4) is 0 Å². The van der Waals surface area contributed by atoms with Gasteiger partial charge in [0.25, 0.3) is 0 Å². The van der Waals surface area contributed by atoms with Crippen LogP contribution >= 0.6 is 0 Å². The van der Waals surface area contributed by atoms with Crippen molar-refractivity contribution in [2.24, 2.45) is 0 Å². The highest BCUT2D eigenvalue weighted by molar-refractivity contribution is 5.83. The smallest absolute Gasteiger partial charge is 0.194 e. The number of H-pyrrole nitrogens is 1. The first-order chi connectivity index (χ1) is 10.5. The van der Waals surface area contributed by atoms with E-state index in [-0.39, 0.29) is 5.43 Å². The Bertz CT molecular complexity index is 760. The summed E-state index contributed by atoms with van der Waals surface area (Å²) >= 11 is 0. The molecule has 3 rings (SSSR count). The fourth-order valence-electron chi connectivity index (χ4n) is 3.75. The summed E-state index contributed by atoms with van der Waals surface area (Å²) in [6, 6.07) is 4.74. The fraction of sp³-hybridized carbons (Fsp3) is 0.526. The molecule has 1 atom stereocenters. The third-order valence-corrected chi connectivity index (χ3v) is 5.06. The van der Waals surface area contributed by atoms with Crippen LogP contribution in [0.2, 0.25) is 0 Å². The first-order valence-electron chi connectivity index (χ1n) is 8.34. The number of hydrogen-bond donors (Lipinski definition) is 1. The lowest BCUT2D eigenvalue weighted by Crippen LogP contribution is -2.38. The average Bonchev–Trinajstić information content (AvgIpc) is 2.44. The summed E-state index contributed by atoms with van der Waals surface area (Å²) in [6.07, 6.45) is 3.79. The van der Waals surface area contributed by atoms with E-state index in [1.54, 1.807) is 0 Å². The molecule has 3 heteroatoms. The van der Waals surface area contributed by atoms with Gasteiger partial charge in [0, 0.05) is 29.2 Å². The second kappa shape index (κ2) is 5.88. The van der Waals surface area contributed by atoms with Gasteiger partial charge in [-0.15, -0.1) is 0 Å². The molecule has 2 aromatic rings. The molecule has 2 heterocycles. The second-order valence-corrected chi connectivity index (χ2v) is 6.88. The van der Waals surface area contributed by atoms with Crippen LogP contribution < -0.4 is 5.43 Å². The van der Waals surface area contributed by atoms with Crippen molar-refractivity contribution in [2.75, 3.05) is 6.54 Å². The normalized spacial score (nSPS) is 19.7. The molecule has 1 aliphatic rings. The van der Waals surface area contributed by atoms with E-state index in [1.807, 2.05) is 13.8 Å². The number of nitrogens with zero attached hydrogens (tertiary/aromatic N) is 1. The molecule has 3 nitrogen and oxygen atoms in total. The van der Waals surface area contributed by atoms with Gasteiger partial charge in [0.15, 0.2) is 5.43 Å². The van der Waals surface area contributed by atoms with E-state index in [4.69, 9.17) is 0 Å². The Morgan fingerprint density at radius 2 is 2.00 bits per heavy atom. The molecule has 1 saturated heterocycles. The van der Waals surface area contributed by atoms with Gasteiger partial charge in [-0.25, -0.2) is 0 Å². The van der Waals surface area contributed by atoms with Crippen molar-refractivity contribution in [1.82, 2.24) is 9.88 Å². The van der Waals surface area contributed by atoms with Crippen LogP contribution in [0.4, 0.5) is 0 Å². The van der Waals surface area contributed by atoms with Crippen LogP contribution in [0, 0.1) is 20.8 Å². The number of aryl methyl sites for hydroxylation is 3. The van der Waals surface area contributed by atoms with Crippen LogP contribution in [0.25, 0.3) is 10.9 Å². The zero-order valence-electron chi connectivity index (χ0n) is 14.1. The number of hydrogen-bond acceptors (Lipinski definition) is 2. The summed E-state index contributed by atoms with van der Waals surface area (Å²) in [6.45, 7) is 10.3. The maximum atomic E-state index is 13.0. The van der Waals surface area contributed by atoms with Gasteiger partial charge >= 0.3 is 0 Å². The van der Waals surface area contributed by atoms with E-state index < -0.39 is 0 Å². The highest BCUT2D eigenvalue weighted by Gasteiger charge is 2.21. The minimum atomic E-state index is 0.210. The van der Waals surface area contributed by atoms with Crippen LogP contribution in [-0.4, -0.2) is 22.5 Å². The van der Waals surface area contributed by atoms with E-state index >= 15 is 0 Å². The molecule has 0 bridgehead atoms. The Balaban J connectivity index is 2.08. The summed E-state index contributed by atoms with van der Waals surface area (Å²) < 4.78 is 0. The van der Waals surface area contributed by atoms with Gasteiger partial charge in [-0.2, -0.15) is 0 Å². The zero-order chi connectivity index (χ0) is 15.9. The number of pyridine rings is 1. The summed E-state index contributed by atoms with van der Waals surface area (Å²) in [5.74, 6) is 0. The maximum absolute atomic E-state index is 13.0. The summed E-state index contributed by atoms with van der Waals surface area (Å²) in [7, 11) is 0. The third kappa shape index (κ3) is 2.70. The molecule has 1 aromatic heterocycles. The van der Waals surface area contributed by atoms with E-state index in [0.717, 1.165) is 40.8 Å². The lowest BCUT2D eigenvalue weighted by Gasteiger charge is -2.33. The van der Waals surface area contributed by atoms with Gasteiger partial charge in [-0.3, -0.25) is 9.69 Å². The Hall–Kier alpha value is -1.61. The molecule has 1 unspecified atom stereocenters. The zero-order valence-corrected chi connectivity index (χ0v) is 14.1. The van der Waals surface area contributed by atoms with Crippen LogP contribution in [-0.2, 0) is 6.54 Å². The largest absolute Gasteiger partial charge is 0.358 e. The number of benzene rings is 1. The van der Waals surface area contributed by atoms with Crippen molar-refractivity contribution in [3.05, 3.63) is 44.7 Å². The van der Waals surface area contributed by atoms with Crippen molar-refractivity contribution >= 4 is 10.9 Å². The Kier molecular flexibility index (Phi) is 4.09. The number of aromatic nitrogens is 1. The lowest BCUT2D eigenvalue weighted by molar-refractivity contribution is 0.152. The molecule has 0 aliphatic carbocycles. The monoisotopic (exact) mass is 298 g/mol. The molecule has 1 aliphatic heterocycles. The maximum Gasteiger partial charge on any atom is 0.194 e. The van der Waals surface area contributed by atoms with Gasteiger partial charge < -0.3 is 4.98 Å². The molecule has 118 valence electrons. The van der Waals surface area contributed by atoms with Gasteiger partial charge in [-0.1, -0.05) is 12.5 Å². The molecular weight excluding hydrogens is 272 g/mol. The van der Waals surface area contributed by atoms with E-state index in [0.29, 0.717) is 6.04 Å². The number of nitrogens with one attached hydrogen (secondary N) is 1. The predicted octanol–water partition coefficient (Wildman–Crippen LogP) is 3.83. The Morgan fingerprint density at radius 1 is 1.23 bits per heavy atom. The Labute approximate surface area is 132 Å². The third-order valence-electron chi connectivity index (χ3n) is 5.06. The summed E-state index contributed by atoms with van der Waals surface area (Å²) in [5, 5.41) is 0.857. The summed E-state index contributed by atoms with van der Waals surface area (Å²) in [4.78, 5) is 18.9. The first-order valence-corrected chi connectivity index (χ1v) is 8.34. The molecule has 0 radical (unpaired) electrons. The van der Waals surface area contributed by atoms with Crippen molar-refractivity contribution in [1.29, 1.82) is 0 Å². The number of piperidine rings is 1. The highest BCUT2D eigenvalue weighted by Crippen LogP contribution is 2.22. The van der Waals surface area contributed by atoms with E-state index in [9.17, 15) is 4.79 Å². The van der Waals surface area contributed by atoms with Crippen LogP contribution in [0.15, 0.2) is 16.9 Å². The van der Waals surface area contributed by atoms with E-state index in [2.05, 4.69) is 35.9 Å². The van der Waals surface area contributed by atoms with Crippen molar-refractivity contribution in [3.63, 3.8) is 0 Å². The lowest BCUT2D eigenvalue weighted by atomic mass is 9.99. The summed E-state index contributed by atoms with van der Waals surface area (Å²) in [5.41, 5.74) is 5.40. The van der Waals surface area contributed by atoms with Gasteiger partial charge in [0.05, 0.1) is 5.52 Å². The minimum Gasteiger partial charge on any atom is -0.358 e. The first kappa shape index (κ1) is 15.3. The molecule has 0 spiro atoms. The molecule has 1 N–H and O–H groups in total. The fourth-order valence-corrected chi connectivity index (χ4v) is 3.75. The molecular formula is C19H26N2O. The minimum absolute atomic E-state index is 0.210. The van der Waals surface area contributed by atoms with Gasteiger partial charge in [0.2, 0.25) is 0 Å². The molecule has 1 aromatic carbocycles. The molecule has 0 saturated carbocycles. The van der Waals surface area contributed by atoms with Gasteiger partial charge in [0.1, 0.15) is 0 Å². The highest BCUT2D eigenvalue weighted by atomic mass is 16.1. The van der Waals surface area contributed by atoms with Crippen LogP contribution in [0.1, 0.15) is 48.6 Å². The standard InChI is InChI=1S/C19H26N2O/c1-12-9-13(2)18-17(10-12)20-15(4)16(19(18)22)11-21-8-6-5-7-14(21)3/h9-10,14H,5-8,11H2,1-4H3,(H,20,22). The molecule has 0 amide bonds. The second-order valence-electron chi connectivity index (χ2n) is 6.88. The molecule has 1 fully saturated rings. The number of aromatic amines is 1.